The molecule has 0 amide bonds. The fourth-order valence-electron chi connectivity index (χ4n) is 3.15. The summed E-state index contributed by atoms with van der Waals surface area (Å²) in [6.07, 6.45) is 7.98. The second kappa shape index (κ2) is 5.89. The van der Waals surface area contributed by atoms with Gasteiger partial charge in [0, 0.05) is 5.56 Å². The molecule has 0 spiro atoms. The lowest BCUT2D eigenvalue weighted by Crippen LogP contribution is -2.38. The van der Waals surface area contributed by atoms with Crippen molar-refractivity contribution >= 4 is 11.6 Å². The van der Waals surface area contributed by atoms with E-state index in [2.05, 4.69) is 12.3 Å². The lowest BCUT2D eigenvalue weighted by Gasteiger charge is -2.36. The van der Waals surface area contributed by atoms with Gasteiger partial charge in [0.2, 0.25) is 0 Å². The van der Waals surface area contributed by atoms with Crippen LogP contribution in [0.5, 0.6) is 0 Å². The lowest BCUT2D eigenvalue weighted by molar-refractivity contribution is 0.175. The summed E-state index contributed by atoms with van der Waals surface area (Å²) < 4.78 is 5.18. The zero-order valence-electron chi connectivity index (χ0n) is 10.3. The first-order valence-corrected chi connectivity index (χ1v) is 6.84. The third kappa shape index (κ3) is 2.67. The second-order valence-electron chi connectivity index (χ2n) is 4.91. The third-order valence-electron chi connectivity index (χ3n) is 4.08. The van der Waals surface area contributed by atoms with E-state index in [0.29, 0.717) is 11.1 Å². The normalized spacial score (nSPS) is 27.0. The molecule has 1 aromatic heterocycles. The number of halogens is 1. The van der Waals surface area contributed by atoms with E-state index in [4.69, 9.17) is 21.9 Å². The predicted molar refractivity (Wildman–Crippen MR) is 69.5 cm³/mol. The minimum absolute atomic E-state index is 0.117. The van der Waals surface area contributed by atoms with Crippen molar-refractivity contribution in [1.29, 1.82) is 0 Å². The highest BCUT2D eigenvalue weighted by Gasteiger charge is 2.32. The van der Waals surface area contributed by atoms with Gasteiger partial charge in [0.05, 0.1) is 12.3 Å². The Morgan fingerprint density at radius 2 is 2.29 bits per heavy atom. The number of hydrogen-bond donors (Lipinski definition) is 2. The molecule has 3 atom stereocenters. The quantitative estimate of drug-likeness (QED) is 0.639. The Kier molecular flexibility index (Phi) is 4.48. The van der Waals surface area contributed by atoms with E-state index in [9.17, 15) is 0 Å². The lowest BCUT2D eigenvalue weighted by atomic mass is 9.73. The van der Waals surface area contributed by atoms with Gasteiger partial charge < -0.3 is 4.42 Å². The molecule has 96 valence electrons. The van der Waals surface area contributed by atoms with Crippen LogP contribution in [-0.4, -0.2) is 0 Å². The van der Waals surface area contributed by atoms with Gasteiger partial charge in [0.1, 0.15) is 0 Å². The summed E-state index contributed by atoms with van der Waals surface area (Å²) in [5.74, 6) is 7.03. The molecule has 17 heavy (non-hydrogen) atoms. The van der Waals surface area contributed by atoms with E-state index in [1.54, 1.807) is 6.26 Å². The molecule has 1 aliphatic carbocycles. The van der Waals surface area contributed by atoms with Crippen molar-refractivity contribution in [3.05, 3.63) is 23.1 Å². The Hall–Kier alpha value is -0.510. The molecule has 0 aromatic carbocycles. The van der Waals surface area contributed by atoms with E-state index in [1.807, 2.05) is 6.07 Å². The Morgan fingerprint density at radius 3 is 2.88 bits per heavy atom. The highest BCUT2D eigenvalue weighted by atomic mass is 35.5. The molecule has 1 heterocycles. The summed E-state index contributed by atoms with van der Waals surface area (Å²) in [6.45, 7) is 2.26. The van der Waals surface area contributed by atoms with Crippen LogP contribution in [0.25, 0.3) is 0 Å². The Bertz CT molecular complexity index is 353. The van der Waals surface area contributed by atoms with Crippen LogP contribution >= 0.6 is 11.6 Å². The summed E-state index contributed by atoms with van der Waals surface area (Å²) in [5, 5.41) is 0.466. The van der Waals surface area contributed by atoms with Crippen molar-refractivity contribution in [2.45, 2.75) is 45.1 Å². The van der Waals surface area contributed by atoms with E-state index in [0.717, 1.165) is 11.5 Å². The highest BCUT2D eigenvalue weighted by molar-refractivity contribution is 6.29. The number of hydrazine groups is 1. The maximum absolute atomic E-state index is 6.06. The van der Waals surface area contributed by atoms with Gasteiger partial charge in [-0.25, -0.2) is 0 Å². The van der Waals surface area contributed by atoms with Crippen molar-refractivity contribution in [2.75, 3.05) is 0 Å². The van der Waals surface area contributed by atoms with E-state index in [-0.39, 0.29) is 6.04 Å². The molecule has 3 N–H and O–H groups in total. The smallest absolute Gasteiger partial charge is 0.197 e. The number of hydrogen-bond acceptors (Lipinski definition) is 3. The summed E-state index contributed by atoms with van der Waals surface area (Å²) >= 11 is 6.06. The summed E-state index contributed by atoms with van der Waals surface area (Å²) in [7, 11) is 0. The van der Waals surface area contributed by atoms with Crippen molar-refractivity contribution in [3.63, 3.8) is 0 Å². The van der Waals surface area contributed by atoms with Crippen LogP contribution < -0.4 is 11.3 Å². The zero-order chi connectivity index (χ0) is 12.3. The minimum atomic E-state index is 0.117. The molecule has 1 saturated carbocycles. The van der Waals surface area contributed by atoms with Crippen molar-refractivity contribution in [1.82, 2.24) is 5.43 Å². The first-order chi connectivity index (χ1) is 8.27. The van der Waals surface area contributed by atoms with Gasteiger partial charge in [-0.15, -0.1) is 0 Å². The van der Waals surface area contributed by atoms with Crippen molar-refractivity contribution in [2.24, 2.45) is 17.7 Å². The topological polar surface area (TPSA) is 51.2 Å². The number of rotatable bonds is 4. The summed E-state index contributed by atoms with van der Waals surface area (Å²) in [6, 6.07) is 2.04. The first-order valence-electron chi connectivity index (χ1n) is 6.47. The van der Waals surface area contributed by atoms with Crippen molar-refractivity contribution < 1.29 is 4.42 Å². The Morgan fingerprint density at radius 1 is 1.53 bits per heavy atom. The van der Waals surface area contributed by atoms with Crippen LogP contribution in [0.2, 0.25) is 5.22 Å². The molecular weight excluding hydrogens is 236 g/mol. The SMILES string of the molecule is CCC1CCCCC1C(NN)c1ccoc1Cl. The van der Waals surface area contributed by atoms with Gasteiger partial charge >= 0.3 is 0 Å². The van der Waals surface area contributed by atoms with Gasteiger partial charge in [-0.1, -0.05) is 32.6 Å². The summed E-state index contributed by atoms with van der Waals surface area (Å²) in [5.41, 5.74) is 3.93. The molecule has 3 nitrogen and oxygen atoms in total. The number of nitrogens with one attached hydrogen (secondary N) is 1. The molecule has 0 bridgehead atoms. The average molecular weight is 257 g/mol. The largest absolute Gasteiger partial charge is 0.453 e. The molecule has 1 aliphatic rings. The molecule has 3 unspecified atom stereocenters. The predicted octanol–water partition coefficient (Wildman–Crippen LogP) is 3.65. The fraction of sp³-hybridized carbons (Fsp3) is 0.692. The molecule has 0 saturated heterocycles. The van der Waals surface area contributed by atoms with Gasteiger partial charge in [0.25, 0.3) is 0 Å². The number of furan rings is 1. The van der Waals surface area contributed by atoms with Crippen LogP contribution in [0.3, 0.4) is 0 Å². The molecule has 2 rings (SSSR count). The number of nitrogens with two attached hydrogens (primary N) is 1. The van der Waals surface area contributed by atoms with Crippen LogP contribution in [0.1, 0.15) is 50.6 Å². The van der Waals surface area contributed by atoms with Crippen LogP contribution in [0.15, 0.2) is 16.7 Å². The van der Waals surface area contributed by atoms with Gasteiger partial charge in [-0.2, -0.15) is 0 Å². The molecule has 4 heteroatoms. The fourth-order valence-corrected chi connectivity index (χ4v) is 3.38. The average Bonchev–Trinajstić information content (AvgIpc) is 2.78. The monoisotopic (exact) mass is 256 g/mol. The van der Waals surface area contributed by atoms with Gasteiger partial charge in [-0.05, 0) is 35.9 Å². The van der Waals surface area contributed by atoms with E-state index < -0.39 is 0 Å². The minimum Gasteiger partial charge on any atom is -0.453 e. The standard InChI is InChI=1S/C13H21ClN2O/c1-2-9-5-3-4-6-10(9)12(16-15)11-7-8-17-13(11)14/h7-10,12,16H,2-6,15H2,1H3. The van der Waals surface area contributed by atoms with Gasteiger partial charge in [-0.3, -0.25) is 11.3 Å². The molecule has 1 fully saturated rings. The maximum atomic E-state index is 6.06. The molecule has 0 radical (unpaired) electrons. The van der Waals surface area contributed by atoms with E-state index in [1.165, 1.54) is 32.1 Å². The van der Waals surface area contributed by atoms with Gasteiger partial charge in [0.15, 0.2) is 5.22 Å². The van der Waals surface area contributed by atoms with Crippen molar-refractivity contribution in [3.8, 4) is 0 Å². The van der Waals surface area contributed by atoms with Crippen LogP contribution in [0, 0.1) is 11.8 Å². The first kappa shape index (κ1) is 12.9. The molecule has 0 aliphatic heterocycles. The Balaban J connectivity index is 2.19. The molecular formula is C13H21ClN2O. The Labute approximate surface area is 108 Å². The van der Waals surface area contributed by atoms with Crippen LogP contribution in [-0.2, 0) is 0 Å². The molecule has 1 aromatic rings. The highest BCUT2D eigenvalue weighted by Crippen LogP contribution is 2.41. The second-order valence-corrected chi connectivity index (χ2v) is 5.25. The maximum Gasteiger partial charge on any atom is 0.197 e. The summed E-state index contributed by atoms with van der Waals surface area (Å²) in [4.78, 5) is 0. The third-order valence-corrected chi connectivity index (χ3v) is 4.39. The zero-order valence-corrected chi connectivity index (χ0v) is 11.0. The van der Waals surface area contributed by atoms with Crippen LogP contribution in [0.4, 0.5) is 0 Å². The van der Waals surface area contributed by atoms with E-state index >= 15 is 0 Å².